The van der Waals surface area contributed by atoms with Gasteiger partial charge in [-0.1, -0.05) is 11.6 Å². The van der Waals surface area contributed by atoms with Crippen molar-refractivity contribution in [2.24, 2.45) is 0 Å². The quantitative estimate of drug-likeness (QED) is 0.254. The highest BCUT2D eigenvalue weighted by Crippen LogP contribution is 1.96. The molecule has 0 amide bonds. The Morgan fingerprint density at radius 2 is 1.89 bits per heavy atom. The van der Waals surface area contributed by atoms with Crippen LogP contribution in [0.15, 0.2) is 0 Å². The molecule has 0 aliphatic rings. The number of nitrogens with zero attached hydrogens (tertiary/aromatic N) is 1. The first-order valence-electron chi connectivity index (χ1n) is 2.61. The molecule has 0 atom stereocenters. The van der Waals surface area contributed by atoms with E-state index in [4.69, 9.17) is 16.7 Å². The lowest BCUT2D eigenvalue weighted by Gasteiger charge is -2.25. The molecule has 0 aliphatic carbocycles. The van der Waals surface area contributed by atoms with Gasteiger partial charge in [0, 0.05) is 0 Å². The van der Waals surface area contributed by atoms with Gasteiger partial charge in [0.15, 0.2) is 6.00 Å². The normalized spacial score (nSPS) is 10.7. The minimum absolute atomic E-state index is 0. The maximum Gasteiger partial charge on any atom is 0.154 e. The number of likely N-dealkylation sites (N-methyl/N-ethyl adjacent to an activating group) is 1. The van der Waals surface area contributed by atoms with Crippen molar-refractivity contribution < 1.29 is 33.6 Å². The van der Waals surface area contributed by atoms with Crippen molar-refractivity contribution in [3.8, 4) is 0 Å². The van der Waals surface area contributed by atoms with Gasteiger partial charge in [0.05, 0.1) is 20.7 Å². The second-order valence-corrected chi connectivity index (χ2v) is 2.74. The van der Waals surface area contributed by atoms with Crippen LogP contribution in [0.2, 0.25) is 0 Å². The molecule has 0 fully saturated rings. The maximum absolute atomic E-state index is 8.46. The van der Waals surface area contributed by atoms with Gasteiger partial charge in [-0.05, 0) is 0 Å². The molecule has 0 aromatic heterocycles. The summed E-state index contributed by atoms with van der Waals surface area (Å²) in [6, 6.07) is 0.556. The summed E-state index contributed by atoms with van der Waals surface area (Å²) in [5.41, 5.74) is 0. The molecule has 0 radical (unpaired) electrons. The molecule has 4 heteroatoms. The highest BCUT2D eigenvalue weighted by Gasteiger charge is 2.09. The zero-order valence-corrected chi connectivity index (χ0v) is 8.69. The molecular weight excluding hydrogens is 252 g/mol. The largest absolute Gasteiger partial charge is 1.00 e. The molecule has 9 heavy (non-hydrogen) atoms. The van der Waals surface area contributed by atoms with Crippen molar-refractivity contribution in [3.05, 3.63) is 0 Å². The topological polar surface area (TPSA) is 20.2 Å². The van der Waals surface area contributed by atoms with E-state index >= 15 is 0 Å². The van der Waals surface area contributed by atoms with Gasteiger partial charge in [-0.15, -0.1) is 0 Å². The Balaban J connectivity index is 0. The summed E-state index contributed by atoms with van der Waals surface area (Å²) in [5.74, 6) is 0. The lowest BCUT2D eigenvalue weighted by molar-refractivity contribution is -0.879. The predicted molar refractivity (Wildman–Crippen MR) is 34.8 cm³/mol. The Kier molecular flexibility index (Phi) is 7.99. The predicted octanol–water partition coefficient (Wildman–Crippen LogP) is -2.74. The summed E-state index contributed by atoms with van der Waals surface area (Å²) in [7, 11) is 3.95. The van der Waals surface area contributed by atoms with E-state index in [0.29, 0.717) is 10.5 Å². The van der Waals surface area contributed by atoms with Crippen LogP contribution in [0.1, 0.15) is 0 Å². The summed E-state index contributed by atoms with van der Waals surface area (Å²) in [5, 5.41) is 8.46. The van der Waals surface area contributed by atoms with Crippen molar-refractivity contribution in [3.63, 3.8) is 0 Å². The first-order valence-corrected chi connectivity index (χ1v) is 3.14. The molecule has 0 aliphatic heterocycles. The minimum Gasteiger partial charge on any atom is -1.00 e. The van der Waals surface area contributed by atoms with Crippen LogP contribution >= 0.6 is 11.6 Å². The summed E-state index contributed by atoms with van der Waals surface area (Å²) < 4.78 is 0.679. The maximum atomic E-state index is 8.46. The van der Waals surface area contributed by atoms with Crippen molar-refractivity contribution >= 4 is 11.6 Å². The first kappa shape index (κ1) is 12.6. The van der Waals surface area contributed by atoms with Crippen LogP contribution in [0.4, 0.5) is 0 Å². The highest BCUT2D eigenvalue weighted by molar-refractivity contribution is 6.16. The van der Waals surface area contributed by atoms with Crippen molar-refractivity contribution in [2.75, 3.05) is 33.3 Å². The van der Waals surface area contributed by atoms with Crippen LogP contribution < -0.4 is 24.0 Å². The van der Waals surface area contributed by atoms with Gasteiger partial charge in [-0.25, -0.2) is 0 Å². The molecule has 0 rings (SSSR count). The fraction of sp³-hybridized carbons (Fsp3) is 1.00. The van der Waals surface area contributed by atoms with E-state index in [1.807, 2.05) is 14.1 Å². The van der Waals surface area contributed by atoms with Crippen LogP contribution in [0, 0.1) is 0 Å². The Hall–Kier alpha value is 0.940. The fourth-order valence-electron chi connectivity index (χ4n) is 0.330. The van der Waals surface area contributed by atoms with Crippen molar-refractivity contribution in [2.45, 2.75) is 0 Å². The number of aliphatic hydroxyl groups excluding tert-OH is 1. The van der Waals surface area contributed by atoms with Crippen LogP contribution in [0.5, 0.6) is 0 Å². The van der Waals surface area contributed by atoms with Gasteiger partial charge < -0.3 is 33.6 Å². The van der Waals surface area contributed by atoms with Gasteiger partial charge in [0.1, 0.15) is 6.54 Å². The molecule has 0 aromatic rings. The van der Waals surface area contributed by atoms with Crippen LogP contribution in [-0.2, 0) is 0 Å². The third-order valence-electron chi connectivity index (χ3n) is 1.03. The fourth-order valence-corrected chi connectivity index (χ4v) is 0.450. The minimum atomic E-state index is 0. The smallest absolute Gasteiger partial charge is 0.154 e. The van der Waals surface area contributed by atoms with Gasteiger partial charge >= 0.3 is 0 Å². The van der Waals surface area contributed by atoms with Crippen LogP contribution in [0.3, 0.4) is 0 Å². The van der Waals surface area contributed by atoms with E-state index in [2.05, 4.69) is 0 Å². The van der Waals surface area contributed by atoms with E-state index in [1.54, 1.807) is 0 Å². The summed E-state index contributed by atoms with van der Waals surface area (Å²) in [4.78, 5) is 0. The number of hydrogen-bond acceptors (Lipinski definition) is 1. The zero-order chi connectivity index (χ0) is 6.62. The van der Waals surface area contributed by atoms with Crippen molar-refractivity contribution in [1.29, 1.82) is 0 Å². The highest BCUT2D eigenvalue weighted by atomic mass is 127. The molecule has 0 aromatic carbocycles. The number of alkyl halides is 1. The number of aliphatic hydroxyl groups is 1. The van der Waals surface area contributed by atoms with E-state index in [-0.39, 0.29) is 30.6 Å². The Bertz CT molecular complexity index is 70.0. The lowest BCUT2D eigenvalue weighted by Crippen LogP contribution is -3.00. The van der Waals surface area contributed by atoms with E-state index in [1.165, 1.54) is 0 Å². The molecule has 1 N–H and O–H groups in total. The van der Waals surface area contributed by atoms with Gasteiger partial charge in [-0.3, -0.25) is 0 Å². The number of rotatable bonds is 3. The number of halogens is 2. The molecule has 0 unspecified atom stereocenters. The first-order chi connectivity index (χ1) is 3.62. The summed E-state index contributed by atoms with van der Waals surface area (Å²) in [6.07, 6.45) is 0. The second kappa shape index (κ2) is 5.70. The molecule has 0 heterocycles. The Labute approximate surface area is 78.4 Å². The molecule has 0 bridgehead atoms. The molecule has 58 valence electrons. The average Bonchev–Trinajstić information content (AvgIpc) is 1.67. The van der Waals surface area contributed by atoms with E-state index in [9.17, 15) is 0 Å². The average molecular weight is 266 g/mol. The Morgan fingerprint density at radius 1 is 1.44 bits per heavy atom. The third-order valence-corrected chi connectivity index (χ3v) is 1.68. The van der Waals surface area contributed by atoms with Gasteiger partial charge in [-0.2, -0.15) is 0 Å². The molecule has 0 spiro atoms. The summed E-state index contributed by atoms with van der Waals surface area (Å²) >= 11 is 5.53. The van der Waals surface area contributed by atoms with Crippen LogP contribution in [0.25, 0.3) is 0 Å². The number of hydrogen-bond donors (Lipinski definition) is 1. The lowest BCUT2D eigenvalue weighted by atomic mass is 10.5. The Morgan fingerprint density at radius 3 is 2.00 bits per heavy atom. The number of quaternary nitrogens is 1. The third kappa shape index (κ3) is 6.83. The monoisotopic (exact) mass is 265 g/mol. The summed E-state index contributed by atoms with van der Waals surface area (Å²) in [6.45, 7) is 0.934. The SMILES string of the molecule is C[N+](C)(CCl)CCO.[I-]. The zero-order valence-electron chi connectivity index (χ0n) is 5.77. The van der Waals surface area contributed by atoms with Gasteiger partial charge in [0.2, 0.25) is 0 Å². The standard InChI is InChI=1S/C5H13ClNO.HI/c1-7(2,5-6)3-4-8;/h8H,3-5H2,1-2H3;1H/q+1;/p-1. The molecular formula is C5H13ClINO. The molecule has 2 nitrogen and oxygen atoms in total. The second-order valence-electron chi connectivity index (χ2n) is 2.50. The van der Waals surface area contributed by atoms with E-state index in [0.717, 1.165) is 6.54 Å². The van der Waals surface area contributed by atoms with E-state index < -0.39 is 0 Å². The van der Waals surface area contributed by atoms with Crippen molar-refractivity contribution in [1.82, 2.24) is 0 Å². The van der Waals surface area contributed by atoms with Gasteiger partial charge in [0.25, 0.3) is 0 Å². The molecule has 0 saturated carbocycles. The van der Waals surface area contributed by atoms with Crippen LogP contribution in [-0.4, -0.2) is 42.8 Å². The molecule has 0 saturated heterocycles.